The fourth-order valence-corrected chi connectivity index (χ4v) is 1.96. The lowest BCUT2D eigenvalue weighted by Crippen LogP contribution is -2.48. The molecule has 0 atom stereocenters. The number of amides is 1. The molecule has 1 aliphatic heterocycles. The lowest BCUT2D eigenvalue weighted by molar-refractivity contribution is 0.0728. The van der Waals surface area contributed by atoms with Crippen LogP contribution in [0.2, 0.25) is 0 Å². The summed E-state index contributed by atoms with van der Waals surface area (Å²) in [5.41, 5.74) is 0.963. The molecule has 1 fully saturated rings. The van der Waals surface area contributed by atoms with Gasteiger partial charge in [-0.3, -0.25) is 4.98 Å². The second-order valence-electron chi connectivity index (χ2n) is 4.33. The van der Waals surface area contributed by atoms with E-state index in [0.717, 1.165) is 38.3 Å². The van der Waals surface area contributed by atoms with Crippen molar-refractivity contribution in [1.82, 2.24) is 14.8 Å². The predicted octanol–water partition coefficient (Wildman–Crippen LogP) is 1.36. The van der Waals surface area contributed by atoms with Gasteiger partial charge in [0.15, 0.2) is 0 Å². The van der Waals surface area contributed by atoms with Crippen molar-refractivity contribution < 1.29 is 9.53 Å². The molecule has 1 aromatic heterocycles. The molecule has 5 heteroatoms. The summed E-state index contributed by atoms with van der Waals surface area (Å²) in [5, 5.41) is 0. The molecule has 1 saturated heterocycles. The number of aromatic nitrogens is 1. The monoisotopic (exact) mass is 249 g/mol. The van der Waals surface area contributed by atoms with Crippen LogP contribution in [0.15, 0.2) is 24.5 Å². The van der Waals surface area contributed by atoms with Gasteiger partial charge in [-0.2, -0.15) is 0 Å². The van der Waals surface area contributed by atoms with E-state index < -0.39 is 0 Å². The highest BCUT2D eigenvalue weighted by Crippen LogP contribution is 2.06. The minimum Gasteiger partial charge on any atom is -0.445 e. The SMILES string of the molecule is CCN1CCN(C(=O)OCc2ccncc2)CC1. The van der Waals surface area contributed by atoms with Crippen molar-refractivity contribution in [2.24, 2.45) is 0 Å². The van der Waals surface area contributed by atoms with Gasteiger partial charge in [-0.1, -0.05) is 6.92 Å². The molecule has 0 bridgehead atoms. The maximum Gasteiger partial charge on any atom is 0.410 e. The number of pyridine rings is 1. The predicted molar refractivity (Wildman–Crippen MR) is 68.1 cm³/mol. The maximum absolute atomic E-state index is 11.8. The van der Waals surface area contributed by atoms with Crippen molar-refractivity contribution >= 4 is 6.09 Å². The van der Waals surface area contributed by atoms with Crippen LogP contribution in [0, 0.1) is 0 Å². The Morgan fingerprint density at radius 1 is 1.28 bits per heavy atom. The van der Waals surface area contributed by atoms with Gasteiger partial charge in [0.25, 0.3) is 0 Å². The molecule has 18 heavy (non-hydrogen) atoms. The Kier molecular flexibility index (Phi) is 4.52. The minimum atomic E-state index is -0.220. The van der Waals surface area contributed by atoms with Crippen molar-refractivity contribution in [3.8, 4) is 0 Å². The van der Waals surface area contributed by atoms with Gasteiger partial charge in [-0.25, -0.2) is 4.79 Å². The number of hydrogen-bond donors (Lipinski definition) is 0. The van der Waals surface area contributed by atoms with Crippen LogP contribution < -0.4 is 0 Å². The second-order valence-corrected chi connectivity index (χ2v) is 4.33. The van der Waals surface area contributed by atoms with Gasteiger partial charge in [0.05, 0.1) is 0 Å². The Hall–Kier alpha value is -1.62. The van der Waals surface area contributed by atoms with Crippen molar-refractivity contribution in [3.05, 3.63) is 30.1 Å². The van der Waals surface area contributed by atoms with E-state index in [9.17, 15) is 4.79 Å². The smallest absolute Gasteiger partial charge is 0.410 e. The maximum atomic E-state index is 11.8. The fraction of sp³-hybridized carbons (Fsp3) is 0.538. The Labute approximate surface area is 107 Å². The van der Waals surface area contributed by atoms with E-state index >= 15 is 0 Å². The van der Waals surface area contributed by atoms with Crippen LogP contribution in [0.1, 0.15) is 12.5 Å². The number of likely N-dealkylation sites (N-methyl/N-ethyl adjacent to an activating group) is 1. The standard InChI is InChI=1S/C13H19N3O2/c1-2-15-7-9-16(10-8-15)13(17)18-11-12-3-5-14-6-4-12/h3-6H,2,7-11H2,1H3. The average molecular weight is 249 g/mol. The molecule has 1 aliphatic rings. The molecule has 0 N–H and O–H groups in total. The lowest BCUT2D eigenvalue weighted by Gasteiger charge is -2.33. The van der Waals surface area contributed by atoms with Gasteiger partial charge in [-0.05, 0) is 24.2 Å². The molecule has 1 amide bonds. The molecule has 1 aromatic rings. The third kappa shape index (κ3) is 3.43. The van der Waals surface area contributed by atoms with Gasteiger partial charge in [0.2, 0.25) is 0 Å². The highest BCUT2D eigenvalue weighted by molar-refractivity contribution is 5.67. The Morgan fingerprint density at radius 2 is 1.94 bits per heavy atom. The molecule has 5 nitrogen and oxygen atoms in total. The average Bonchev–Trinajstić information content (AvgIpc) is 2.46. The summed E-state index contributed by atoms with van der Waals surface area (Å²) in [6, 6.07) is 3.70. The zero-order valence-corrected chi connectivity index (χ0v) is 10.7. The molecule has 2 rings (SSSR count). The second kappa shape index (κ2) is 6.35. The summed E-state index contributed by atoms with van der Waals surface area (Å²) in [7, 11) is 0. The number of ether oxygens (including phenoxy) is 1. The zero-order chi connectivity index (χ0) is 12.8. The van der Waals surface area contributed by atoms with E-state index in [1.807, 2.05) is 12.1 Å². The highest BCUT2D eigenvalue weighted by atomic mass is 16.6. The molecule has 0 aliphatic carbocycles. The van der Waals surface area contributed by atoms with Crippen LogP contribution >= 0.6 is 0 Å². The first-order valence-corrected chi connectivity index (χ1v) is 6.32. The normalized spacial score (nSPS) is 16.6. The van der Waals surface area contributed by atoms with Crippen LogP contribution in [0.25, 0.3) is 0 Å². The molecule has 0 saturated carbocycles. The van der Waals surface area contributed by atoms with Gasteiger partial charge in [0.1, 0.15) is 6.61 Å². The molecular formula is C13H19N3O2. The van der Waals surface area contributed by atoms with E-state index in [1.54, 1.807) is 17.3 Å². The number of carbonyl (C=O) groups excluding carboxylic acids is 1. The third-order valence-electron chi connectivity index (χ3n) is 3.19. The van der Waals surface area contributed by atoms with E-state index in [1.165, 1.54) is 0 Å². The number of piperazine rings is 1. The summed E-state index contributed by atoms with van der Waals surface area (Å²) in [6.07, 6.45) is 3.18. The topological polar surface area (TPSA) is 45.7 Å². The van der Waals surface area contributed by atoms with Crippen LogP contribution in [-0.2, 0) is 11.3 Å². The molecule has 0 unspecified atom stereocenters. The van der Waals surface area contributed by atoms with E-state index in [2.05, 4.69) is 16.8 Å². The largest absolute Gasteiger partial charge is 0.445 e. The number of rotatable bonds is 3. The molecule has 0 spiro atoms. The van der Waals surface area contributed by atoms with E-state index in [4.69, 9.17) is 4.74 Å². The first kappa shape index (κ1) is 12.8. The van der Waals surface area contributed by atoms with Crippen LogP contribution in [0.5, 0.6) is 0 Å². The van der Waals surface area contributed by atoms with Gasteiger partial charge < -0.3 is 14.5 Å². The Morgan fingerprint density at radius 3 is 2.56 bits per heavy atom. The molecule has 98 valence electrons. The van der Waals surface area contributed by atoms with Crippen LogP contribution in [0.4, 0.5) is 4.79 Å². The van der Waals surface area contributed by atoms with Crippen molar-refractivity contribution in [3.63, 3.8) is 0 Å². The molecule has 2 heterocycles. The first-order chi connectivity index (χ1) is 8.79. The van der Waals surface area contributed by atoms with Gasteiger partial charge >= 0.3 is 6.09 Å². The summed E-state index contributed by atoms with van der Waals surface area (Å²) < 4.78 is 5.28. The van der Waals surface area contributed by atoms with Crippen molar-refractivity contribution in [2.45, 2.75) is 13.5 Å². The van der Waals surface area contributed by atoms with E-state index in [0.29, 0.717) is 6.61 Å². The zero-order valence-electron chi connectivity index (χ0n) is 10.7. The Balaban J connectivity index is 1.75. The van der Waals surface area contributed by atoms with Gasteiger partial charge in [0, 0.05) is 38.6 Å². The Bertz CT molecular complexity index is 375. The van der Waals surface area contributed by atoms with Crippen molar-refractivity contribution in [2.75, 3.05) is 32.7 Å². The van der Waals surface area contributed by atoms with Crippen LogP contribution in [0.3, 0.4) is 0 Å². The summed E-state index contributed by atoms with van der Waals surface area (Å²) in [4.78, 5) is 19.9. The molecular weight excluding hydrogens is 230 g/mol. The van der Waals surface area contributed by atoms with Crippen LogP contribution in [-0.4, -0.2) is 53.6 Å². The van der Waals surface area contributed by atoms with Crippen molar-refractivity contribution in [1.29, 1.82) is 0 Å². The third-order valence-corrected chi connectivity index (χ3v) is 3.19. The first-order valence-electron chi connectivity index (χ1n) is 6.32. The van der Waals surface area contributed by atoms with E-state index in [-0.39, 0.29) is 6.09 Å². The summed E-state index contributed by atoms with van der Waals surface area (Å²) in [5.74, 6) is 0. The molecule has 0 aromatic carbocycles. The summed E-state index contributed by atoms with van der Waals surface area (Å²) >= 11 is 0. The quantitative estimate of drug-likeness (QED) is 0.811. The minimum absolute atomic E-state index is 0.220. The number of nitrogens with zero attached hydrogens (tertiary/aromatic N) is 3. The number of carbonyl (C=O) groups is 1. The number of hydrogen-bond acceptors (Lipinski definition) is 4. The highest BCUT2D eigenvalue weighted by Gasteiger charge is 2.20. The molecule has 0 radical (unpaired) electrons. The lowest BCUT2D eigenvalue weighted by atomic mass is 10.3. The summed E-state index contributed by atoms with van der Waals surface area (Å²) in [6.45, 7) is 6.86. The van der Waals surface area contributed by atoms with Gasteiger partial charge in [-0.15, -0.1) is 0 Å². The fourth-order valence-electron chi connectivity index (χ4n) is 1.96.